The normalized spacial score (nSPS) is 14.2. The van der Waals surface area contributed by atoms with Crippen LogP contribution in [0.2, 0.25) is 0 Å². The predicted molar refractivity (Wildman–Crippen MR) is 144 cm³/mol. The van der Waals surface area contributed by atoms with Crippen LogP contribution >= 0.6 is 0 Å². The van der Waals surface area contributed by atoms with E-state index >= 15 is 0 Å². The van der Waals surface area contributed by atoms with Crippen molar-refractivity contribution < 1.29 is 18.9 Å². The van der Waals surface area contributed by atoms with Gasteiger partial charge in [0.25, 0.3) is 5.91 Å². The van der Waals surface area contributed by atoms with E-state index in [1.807, 2.05) is 42.5 Å². The van der Waals surface area contributed by atoms with Crippen LogP contribution in [0.5, 0.6) is 5.75 Å². The third kappa shape index (κ3) is 5.45. The van der Waals surface area contributed by atoms with Gasteiger partial charge in [-0.3, -0.25) is 9.69 Å². The van der Waals surface area contributed by atoms with Gasteiger partial charge in [0.15, 0.2) is 5.69 Å². The first-order valence-electron chi connectivity index (χ1n) is 12.7. The van der Waals surface area contributed by atoms with Gasteiger partial charge in [0.05, 0.1) is 38.6 Å². The molecule has 1 aliphatic rings. The maximum atomic E-state index is 13.4. The van der Waals surface area contributed by atoms with Crippen molar-refractivity contribution in [3.05, 3.63) is 65.0 Å². The monoisotopic (exact) mass is 558 g/mol. The van der Waals surface area contributed by atoms with E-state index in [0.29, 0.717) is 50.8 Å². The van der Waals surface area contributed by atoms with E-state index in [2.05, 4.69) is 46.4 Å². The van der Waals surface area contributed by atoms with Crippen LogP contribution in [0.3, 0.4) is 0 Å². The van der Waals surface area contributed by atoms with Crippen molar-refractivity contribution >= 4 is 29.0 Å². The summed E-state index contributed by atoms with van der Waals surface area (Å²) >= 11 is 0. The molecule has 1 saturated heterocycles. The van der Waals surface area contributed by atoms with Gasteiger partial charge in [-0.15, -0.1) is 10.2 Å². The molecule has 0 spiro atoms. The van der Waals surface area contributed by atoms with Gasteiger partial charge in [-0.25, -0.2) is 14.7 Å². The number of para-hydroxylation sites is 1. The Bertz CT molecular complexity index is 1700. The van der Waals surface area contributed by atoms with E-state index in [-0.39, 0.29) is 17.3 Å². The fourth-order valence-corrected chi connectivity index (χ4v) is 4.52. The van der Waals surface area contributed by atoms with Crippen LogP contribution in [0.4, 0.5) is 5.82 Å². The lowest BCUT2D eigenvalue weighted by molar-refractivity contribution is 0.0335. The molecule has 5 aromatic rings. The highest BCUT2D eigenvalue weighted by Crippen LogP contribution is 2.22. The number of fused-ring (bicyclic) bond motifs is 1. The Morgan fingerprint density at radius 2 is 1.98 bits per heavy atom. The van der Waals surface area contributed by atoms with E-state index in [1.165, 1.54) is 10.9 Å². The van der Waals surface area contributed by atoms with E-state index in [1.54, 1.807) is 11.8 Å². The van der Waals surface area contributed by atoms with Crippen molar-refractivity contribution in [2.75, 3.05) is 39.1 Å². The van der Waals surface area contributed by atoms with Crippen molar-refractivity contribution in [3.63, 3.8) is 0 Å². The summed E-state index contributed by atoms with van der Waals surface area (Å²) in [5, 5.41) is 28.3. The van der Waals surface area contributed by atoms with Crippen LogP contribution in [0.1, 0.15) is 27.3 Å². The Labute approximate surface area is 232 Å². The summed E-state index contributed by atoms with van der Waals surface area (Å²) in [6.45, 7) is 3.39. The van der Waals surface area contributed by atoms with Crippen molar-refractivity contribution in [1.29, 1.82) is 0 Å². The Balaban J connectivity index is 1.22. The van der Waals surface area contributed by atoms with E-state index < -0.39 is 5.91 Å². The number of nitrogens with one attached hydrogen (secondary N) is 1. The van der Waals surface area contributed by atoms with Gasteiger partial charge in [0.2, 0.25) is 11.6 Å². The highest BCUT2D eigenvalue weighted by atomic mass is 16.6. The van der Waals surface area contributed by atoms with Gasteiger partial charge in [0, 0.05) is 25.2 Å². The summed E-state index contributed by atoms with van der Waals surface area (Å²) in [5.74, 6) is 0.156. The van der Waals surface area contributed by atoms with Crippen LogP contribution in [0.25, 0.3) is 16.9 Å². The summed E-state index contributed by atoms with van der Waals surface area (Å²) in [6, 6.07) is 13.3. The molecule has 1 amide bonds. The quantitative estimate of drug-likeness (QED) is 0.190. The molecule has 3 aromatic heterocycles. The summed E-state index contributed by atoms with van der Waals surface area (Å²) in [7, 11) is 1.61. The zero-order valence-corrected chi connectivity index (χ0v) is 22.0. The fourth-order valence-electron chi connectivity index (χ4n) is 4.52. The predicted octanol–water partition coefficient (Wildman–Crippen LogP) is 0.630. The highest BCUT2D eigenvalue weighted by molar-refractivity contribution is 5.95. The lowest BCUT2D eigenvalue weighted by Gasteiger charge is -2.25. The van der Waals surface area contributed by atoms with Crippen molar-refractivity contribution in [2.45, 2.75) is 13.1 Å². The van der Waals surface area contributed by atoms with Crippen LogP contribution < -0.4 is 15.9 Å². The summed E-state index contributed by atoms with van der Waals surface area (Å²) in [4.78, 5) is 15.5. The third-order valence-corrected chi connectivity index (χ3v) is 6.55. The number of hydrogen-bond donors (Lipinski definition) is 2. The lowest BCUT2D eigenvalue weighted by atomic mass is 10.1. The first-order chi connectivity index (χ1) is 20.1. The second-order valence-corrected chi connectivity index (χ2v) is 9.16. The summed E-state index contributed by atoms with van der Waals surface area (Å²) < 4.78 is 18.7. The zero-order valence-electron chi connectivity index (χ0n) is 22.0. The molecule has 0 bridgehead atoms. The molecule has 16 nitrogen and oxygen atoms in total. The number of rotatable bonds is 9. The number of nitrogen functional groups attached to an aromatic ring is 1. The van der Waals surface area contributed by atoms with Gasteiger partial charge in [-0.2, -0.15) is 9.78 Å². The average molecular weight is 559 g/mol. The molecule has 210 valence electrons. The molecule has 0 radical (unpaired) electrons. The molecule has 0 aliphatic carbocycles. The molecule has 16 heteroatoms. The van der Waals surface area contributed by atoms with Crippen LogP contribution in [-0.2, 0) is 17.8 Å². The number of ether oxygens (including phenoxy) is 2. The number of nitrogens with two attached hydrogens (primary N) is 1. The van der Waals surface area contributed by atoms with Gasteiger partial charge >= 0.3 is 0 Å². The van der Waals surface area contributed by atoms with Crippen molar-refractivity contribution in [1.82, 2.24) is 50.6 Å². The van der Waals surface area contributed by atoms with E-state index in [0.717, 1.165) is 22.2 Å². The number of carbonyl (C=O) groups excluding carboxylic acids is 1. The van der Waals surface area contributed by atoms with Gasteiger partial charge < -0.3 is 15.2 Å². The number of methoxy groups -OCH3 is 1. The largest absolute Gasteiger partial charge is 0.496 e. The Morgan fingerprint density at radius 1 is 1.12 bits per heavy atom. The number of morpholine rings is 1. The first kappa shape index (κ1) is 26.0. The summed E-state index contributed by atoms with van der Waals surface area (Å²) in [6.07, 6.45) is 1.53. The number of carbonyl (C=O) groups is 1. The molecule has 2 aromatic carbocycles. The molecule has 1 aliphatic heterocycles. The Hall–Kier alpha value is -5.22. The molecular weight excluding hydrogens is 532 g/mol. The van der Waals surface area contributed by atoms with Crippen LogP contribution in [0.15, 0.2) is 52.2 Å². The van der Waals surface area contributed by atoms with E-state index in [9.17, 15) is 4.79 Å². The van der Waals surface area contributed by atoms with E-state index in [4.69, 9.17) is 19.8 Å². The average Bonchev–Trinajstić information content (AvgIpc) is 3.72. The Morgan fingerprint density at radius 3 is 2.78 bits per heavy atom. The minimum atomic E-state index is -0.556. The Kier molecular flexibility index (Phi) is 7.29. The van der Waals surface area contributed by atoms with Gasteiger partial charge in [-0.1, -0.05) is 22.6 Å². The number of nitrogens with zero attached hydrogens (tertiary/aromatic N) is 10. The number of hydrogen-bond acceptors (Lipinski definition) is 13. The molecule has 3 N–H and O–H groups in total. The molecule has 0 unspecified atom stereocenters. The highest BCUT2D eigenvalue weighted by Gasteiger charge is 2.26. The lowest BCUT2D eigenvalue weighted by Crippen LogP contribution is -2.36. The molecular formula is C25H26N12O4. The number of amides is 1. The standard InChI is InChI=1S/C25H26N12O4/c1-39-21-7-6-16(12-17(21)14-36-20-5-3-2-4-18(20)28-33-36)13-27-30-25(38)22-19(15-35-8-10-40-11-9-35)29-34-37(22)24-23(26)31-41-32-24/h2-7,12-13H,8-11,14-15H2,1H3,(H2,26,31)(H,30,38)/b27-13-. The SMILES string of the molecule is COc1ccc(/C=N\NC(=O)c2c(CN3CCOCC3)nnn2-c2nonc2N)cc1Cn1nnc2ccccc21. The molecule has 0 atom stereocenters. The molecule has 0 saturated carbocycles. The zero-order chi connectivity index (χ0) is 28.2. The van der Waals surface area contributed by atoms with Crippen molar-refractivity contribution in [2.24, 2.45) is 5.10 Å². The second kappa shape index (κ2) is 11.5. The molecule has 6 rings (SSSR count). The number of hydrazone groups is 1. The fraction of sp³-hybridized carbons (Fsp3) is 0.280. The van der Waals surface area contributed by atoms with Gasteiger partial charge in [0.1, 0.15) is 17.0 Å². The molecule has 1 fully saturated rings. The maximum Gasteiger partial charge on any atom is 0.292 e. The maximum absolute atomic E-state index is 13.4. The topological polar surface area (TPSA) is 190 Å². The number of benzene rings is 2. The number of anilines is 1. The molecule has 4 heterocycles. The number of aromatic nitrogens is 8. The minimum Gasteiger partial charge on any atom is -0.496 e. The molecule has 41 heavy (non-hydrogen) atoms. The van der Waals surface area contributed by atoms with Crippen LogP contribution in [-0.4, -0.2) is 90.7 Å². The van der Waals surface area contributed by atoms with Crippen molar-refractivity contribution in [3.8, 4) is 11.6 Å². The minimum absolute atomic E-state index is 0.0312. The third-order valence-electron chi connectivity index (χ3n) is 6.55. The smallest absolute Gasteiger partial charge is 0.292 e. The van der Waals surface area contributed by atoms with Crippen LogP contribution in [0, 0.1) is 0 Å². The first-order valence-corrected chi connectivity index (χ1v) is 12.7. The van der Waals surface area contributed by atoms with Gasteiger partial charge in [-0.05, 0) is 46.2 Å². The second-order valence-electron chi connectivity index (χ2n) is 9.16. The summed E-state index contributed by atoms with van der Waals surface area (Å²) in [5.41, 5.74) is 12.3.